The van der Waals surface area contributed by atoms with Gasteiger partial charge in [-0.1, -0.05) is 0 Å². The van der Waals surface area contributed by atoms with Crippen LogP contribution in [0.25, 0.3) is 0 Å². The fourth-order valence-electron chi connectivity index (χ4n) is 0.264. The number of hydrogen-bond acceptors (Lipinski definition) is 2. The van der Waals surface area contributed by atoms with E-state index in [0.29, 0.717) is 0 Å². The quantitative estimate of drug-likeness (QED) is 0.397. The molecule has 0 bridgehead atoms. The first-order chi connectivity index (χ1) is 2.89. The fourth-order valence-corrected chi connectivity index (χ4v) is 0.264. The van der Waals surface area contributed by atoms with Gasteiger partial charge in [-0.05, 0) is 0 Å². The maximum atomic E-state index is 4.64. The molecule has 0 amide bonds. The third kappa shape index (κ3) is 0.381. The van der Waals surface area contributed by atoms with Crippen LogP contribution >= 0.6 is 0 Å². The standard InChI is InChI=1S/C3H5N2O/c1-5-4-2-3-6-5/h2-3H,1H3/q+1. The van der Waals surface area contributed by atoms with Crippen molar-refractivity contribution in [1.29, 1.82) is 0 Å². The third-order valence-electron chi connectivity index (χ3n) is 0.504. The van der Waals surface area contributed by atoms with Crippen LogP contribution in [0.1, 0.15) is 0 Å². The summed E-state index contributed by atoms with van der Waals surface area (Å²) in [6.45, 7) is 0. The lowest BCUT2D eigenvalue weighted by Crippen LogP contribution is -2.27. The van der Waals surface area contributed by atoms with Crippen LogP contribution in [0.2, 0.25) is 0 Å². The average Bonchev–Trinajstić information content (AvgIpc) is 1.86. The van der Waals surface area contributed by atoms with E-state index in [1.807, 2.05) is 0 Å². The molecule has 1 heterocycles. The molecule has 0 atom stereocenters. The van der Waals surface area contributed by atoms with Gasteiger partial charge in [0, 0.05) is 5.10 Å². The van der Waals surface area contributed by atoms with Crippen LogP contribution in [0.5, 0.6) is 0 Å². The van der Waals surface area contributed by atoms with Crippen molar-refractivity contribution in [2.45, 2.75) is 0 Å². The highest BCUT2D eigenvalue weighted by Crippen LogP contribution is 1.62. The summed E-state index contributed by atoms with van der Waals surface area (Å²) < 4.78 is 4.64. The van der Waals surface area contributed by atoms with Crippen LogP contribution in [0.15, 0.2) is 17.0 Å². The van der Waals surface area contributed by atoms with Crippen LogP contribution in [0, 0.1) is 0 Å². The first kappa shape index (κ1) is 3.33. The van der Waals surface area contributed by atoms with Gasteiger partial charge in [0.05, 0.1) is 4.85 Å². The molecule has 6 heavy (non-hydrogen) atoms. The van der Waals surface area contributed by atoms with Gasteiger partial charge in [-0.3, -0.25) is 0 Å². The van der Waals surface area contributed by atoms with E-state index < -0.39 is 0 Å². The normalized spacial score (nSPS) is 8.83. The molecule has 0 saturated heterocycles. The van der Waals surface area contributed by atoms with Crippen molar-refractivity contribution in [3.05, 3.63) is 12.5 Å². The Labute approximate surface area is 35.2 Å². The van der Waals surface area contributed by atoms with Crippen molar-refractivity contribution in [3.63, 3.8) is 0 Å². The highest BCUT2D eigenvalue weighted by atomic mass is 16.5. The Morgan fingerprint density at radius 1 is 1.83 bits per heavy atom. The maximum absolute atomic E-state index is 4.64. The molecule has 32 valence electrons. The van der Waals surface area contributed by atoms with Crippen molar-refractivity contribution in [3.8, 4) is 0 Å². The van der Waals surface area contributed by atoms with Gasteiger partial charge in [-0.25, -0.2) is 4.52 Å². The van der Waals surface area contributed by atoms with E-state index in [9.17, 15) is 0 Å². The smallest absolute Gasteiger partial charge is 0.214 e. The van der Waals surface area contributed by atoms with Crippen molar-refractivity contribution in [1.82, 2.24) is 5.10 Å². The zero-order valence-corrected chi connectivity index (χ0v) is 3.46. The van der Waals surface area contributed by atoms with Crippen LogP contribution in [0.4, 0.5) is 0 Å². The molecule has 0 aliphatic rings. The lowest BCUT2D eigenvalue weighted by Gasteiger charge is -1.57. The molecule has 0 radical (unpaired) electrons. The SMILES string of the molecule is C[n+]1ncco1. The Morgan fingerprint density at radius 2 is 2.67 bits per heavy atom. The summed E-state index contributed by atoms with van der Waals surface area (Å²) in [7, 11) is 1.72. The minimum absolute atomic E-state index is 1.38. The fraction of sp³-hybridized carbons (Fsp3) is 0.333. The number of nitrogens with zero attached hydrogens (tertiary/aromatic N) is 2. The second-order valence-corrected chi connectivity index (χ2v) is 0.970. The topological polar surface area (TPSA) is 29.9 Å². The minimum Gasteiger partial charge on any atom is -0.217 e. The second-order valence-electron chi connectivity index (χ2n) is 0.970. The average molecular weight is 85.1 g/mol. The number of hydrogen-bond donors (Lipinski definition) is 0. The molecule has 1 aromatic rings. The van der Waals surface area contributed by atoms with Gasteiger partial charge >= 0.3 is 0 Å². The molecular weight excluding hydrogens is 80.0 g/mol. The van der Waals surface area contributed by atoms with E-state index in [2.05, 4.69) is 9.62 Å². The Hall–Kier alpha value is -0.860. The Balaban J connectivity index is 3.05. The van der Waals surface area contributed by atoms with E-state index in [1.165, 1.54) is 11.1 Å². The van der Waals surface area contributed by atoms with Crippen LogP contribution < -0.4 is 4.85 Å². The minimum atomic E-state index is 1.38. The van der Waals surface area contributed by atoms with Gasteiger partial charge in [0.2, 0.25) is 7.05 Å². The van der Waals surface area contributed by atoms with Crippen molar-refractivity contribution in [2.75, 3.05) is 0 Å². The monoisotopic (exact) mass is 85.0 g/mol. The predicted octanol–water partition coefficient (Wildman–Crippen LogP) is -0.501. The maximum Gasteiger partial charge on any atom is 0.214 e. The lowest BCUT2D eigenvalue weighted by molar-refractivity contribution is -0.891. The number of aryl methyl sites for hydroxylation is 1. The second kappa shape index (κ2) is 1.08. The van der Waals surface area contributed by atoms with Crippen molar-refractivity contribution >= 4 is 0 Å². The molecule has 0 aromatic carbocycles. The molecule has 3 nitrogen and oxygen atoms in total. The summed E-state index contributed by atoms with van der Waals surface area (Å²) in [4.78, 5) is 1.38. The number of aromatic nitrogens is 2. The summed E-state index contributed by atoms with van der Waals surface area (Å²) in [5.41, 5.74) is 0. The van der Waals surface area contributed by atoms with Crippen LogP contribution in [-0.2, 0) is 7.05 Å². The molecule has 3 heteroatoms. The van der Waals surface area contributed by atoms with E-state index in [0.717, 1.165) is 0 Å². The highest BCUT2D eigenvalue weighted by molar-refractivity contribution is 4.45. The number of rotatable bonds is 0. The van der Waals surface area contributed by atoms with Gasteiger partial charge in [0.15, 0.2) is 6.26 Å². The third-order valence-corrected chi connectivity index (χ3v) is 0.504. The highest BCUT2D eigenvalue weighted by Gasteiger charge is 1.85. The van der Waals surface area contributed by atoms with Gasteiger partial charge in [0.25, 0.3) is 0 Å². The predicted molar refractivity (Wildman–Crippen MR) is 17.7 cm³/mol. The Kier molecular flexibility index (Phi) is 0.602. The largest absolute Gasteiger partial charge is 0.217 e. The van der Waals surface area contributed by atoms with E-state index >= 15 is 0 Å². The molecular formula is C3H5N2O+. The molecule has 0 aliphatic heterocycles. The van der Waals surface area contributed by atoms with Gasteiger partial charge in [0.1, 0.15) is 6.20 Å². The molecule has 0 fully saturated rings. The summed E-state index contributed by atoms with van der Waals surface area (Å²) in [5.74, 6) is 0. The molecule has 0 N–H and O–H groups in total. The van der Waals surface area contributed by atoms with Crippen molar-refractivity contribution in [2.24, 2.45) is 7.05 Å². The van der Waals surface area contributed by atoms with E-state index in [4.69, 9.17) is 0 Å². The van der Waals surface area contributed by atoms with Crippen LogP contribution in [0.3, 0.4) is 0 Å². The summed E-state index contributed by atoms with van der Waals surface area (Å²) in [6, 6.07) is 0. The van der Waals surface area contributed by atoms with Gasteiger partial charge in [-0.15, -0.1) is 0 Å². The Bertz CT molecular complexity index is 112. The summed E-state index contributed by atoms with van der Waals surface area (Å²) >= 11 is 0. The van der Waals surface area contributed by atoms with Gasteiger partial charge in [-0.2, -0.15) is 0 Å². The Morgan fingerprint density at radius 3 is 2.83 bits per heavy atom. The molecule has 0 saturated carbocycles. The van der Waals surface area contributed by atoms with E-state index in [-0.39, 0.29) is 0 Å². The van der Waals surface area contributed by atoms with Crippen LogP contribution in [-0.4, -0.2) is 5.10 Å². The molecule has 0 spiro atoms. The zero-order valence-electron chi connectivity index (χ0n) is 3.46. The zero-order chi connectivity index (χ0) is 4.41. The van der Waals surface area contributed by atoms with E-state index in [1.54, 1.807) is 13.2 Å². The summed E-state index contributed by atoms with van der Waals surface area (Å²) in [5, 5.41) is 3.67. The first-order valence-corrected chi connectivity index (χ1v) is 1.66. The first-order valence-electron chi connectivity index (χ1n) is 1.66. The lowest BCUT2D eigenvalue weighted by atomic mass is 11.0. The summed E-state index contributed by atoms with van der Waals surface area (Å²) in [6.07, 6.45) is 3.10. The molecule has 0 unspecified atom stereocenters. The molecule has 1 rings (SSSR count). The van der Waals surface area contributed by atoms with Gasteiger partial charge < -0.3 is 0 Å². The molecule has 0 aliphatic carbocycles. The van der Waals surface area contributed by atoms with Crippen molar-refractivity contribution < 1.29 is 9.38 Å². The molecule has 1 aromatic heterocycles.